The van der Waals surface area contributed by atoms with Crippen molar-refractivity contribution in [2.45, 2.75) is 6.04 Å². The van der Waals surface area contributed by atoms with E-state index in [1.165, 1.54) is 0 Å². The molecular weight excluding hydrogens is 364 g/mol. The maximum atomic E-state index is 13.1. The number of benzene rings is 2. The van der Waals surface area contributed by atoms with Gasteiger partial charge in [0.1, 0.15) is 12.4 Å². The SMILES string of the molecule is O=C(CN1C(=O)c2ccccc2[C@@H]1c1c[nH]c2ccccc12)Nc1ccccn1. The number of pyridine rings is 1. The van der Waals surface area contributed by atoms with E-state index < -0.39 is 0 Å². The van der Waals surface area contributed by atoms with E-state index in [2.05, 4.69) is 15.3 Å². The average molecular weight is 382 g/mol. The smallest absolute Gasteiger partial charge is 0.255 e. The van der Waals surface area contributed by atoms with Gasteiger partial charge in [0.2, 0.25) is 5.91 Å². The zero-order valence-corrected chi connectivity index (χ0v) is 15.5. The zero-order chi connectivity index (χ0) is 19.8. The standard InChI is InChI=1S/C23H18N4O2/c28-21(26-20-11-5-6-12-24-20)14-27-22(16-8-1-2-9-17(16)23(27)29)18-13-25-19-10-4-3-7-15(18)19/h1-13,22,25H,14H2,(H,24,26,28)/t22-/m1/s1. The van der Waals surface area contributed by atoms with Gasteiger partial charge in [-0.1, -0.05) is 42.5 Å². The first-order valence-electron chi connectivity index (χ1n) is 9.39. The molecule has 0 saturated carbocycles. The van der Waals surface area contributed by atoms with E-state index in [1.807, 2.05) is 54.7 Å². The van der Waals surface area contributed by atoms with Gasteiger partial charge in [0.15, 0.2) is 0 Å². The molecule has 29 heavy (non-hydrogen) atoms. The summed E-state index contributed by atoms with van der Waals surface area (Å²) in [5, 5.41) is 3.81. The fourth-order valence-electron chi connectivity index (χ4n) is 3.96. The van der Waals surface area contributed by atoms with Gasteiger partial charge in [-0.2, -0.15) is 0 Å². The highest BCUT2D eigenvalue weighted by atomic mass is 16.2. The molecule has 1 aliphatic rings. The third-order valence-corrected chi connectivity index (χ3v) is 5.22. The molecule has 142 valence electrons. The summed E-state index contributed by atoms with van der Waals surface area (Å²) < 4.78 is 0. The van der Waals surface area contributed by atoms with Crippen LogP contribution in [0.5, 0.6) is 0 Å². The van der Waals surface area contributed by atoms with Crippen LogP contribution in [-0.2, 0) is 4.79 Å². The van der Waals surface area contributed by atoms with E-state index >= 15 is 0 Å². The lowest BCUT2D eigenvalue weighted by Gasteiger charge is -2.24. The van der Waals surface area contributed by atoms with E-state index in [1.54, 1.807) is 29.3 Å². The van der Waals surface area contributed by atoms with E-state index in [9.17, 15) is 9.59 Å². The highest BCUT2D eigenvalue weighted by Crippen LogP contribution is 2.40. The van der Waals surface area contributed by atoms with E-state index in [0.29, 0.717) is 11.4 Å². The lowest BCUT2D eigenvalue weighted by atomic mass is 9.97. The number of amides is 2. The Morgan fingerprint density at radius 1 is 1.00 bits per heavy atom. The number of carbonyl (C=O) groups is 2. The minimum Gasteiger partial charge on any atom is -0.361 e. The Labute approximate surface area is 167 Å². The second-order valence-electron chi connectivity index (χ2n) is 6.98. The van der Waals surface area contributed by atoms with Gasteiger partial charge in [0, 0.05) is 34.4 Å². The van der Waals surface area contributed by atoms with E-state index in [0.717, 1.165) is 22.0 Å². The molecule has 2 amide bonds. The highest BCUT2D eigenvalue weighted by molar-refractivity contribution is 6.03. The van der Waals surface area contributed by atoms with Crippen LogP contribution in [0.15, 0.2) is 79.1 Å². The monoisotopic (exact) mass is 382 g/mol. The minimum absolute atomic E-state index is 0.0612. The minimum atomic E-state index is -0.329. The number of nitrogens with one attached hydrogen (secondary N) is 2. The van der Waals surface area contributed by atoms with Crippen LogP contribution < -0.4 is 5.32 Å². The topological polar surface area (TPSA) is 78.1 Å². The zero-order valence-electron chi connectivity index (χ0n) is 15.5. The maximum Gasteiger partial charge on any atom is 0.255 e. The Hall–Kier alpha value is -3.93. The summed E-state index contributed by atoms with van der Waals surface area (Å²) in [7, 11) is 0. The first kappa shape index (κ1) is 17.2. The number of fused-ring (bicyclic) bond motifs is 2. The van der Waals surface area contributed by atoms with Crippen molar-refractivity contribution >= 4 is 28.5 Å². The summed E-state index contributed by atoms with van der Waals surface area (Å²) in [5.41, 5.74) is 3.52. The predicted octanol–water partition coefficient (Wildman–Crippen LogP) is 3.75. The molecule has 2 aromatic heterocycles. The fourth-order valence-corrected chi connectivity index (χ4v) is 3.96. The third-order valence-electron chi connectivity index (χ3n) is 5.22. The van der Waals surface area contributed by atoms with E-state index in [4.69, 9.17) is 0 Å². The van der Waals surface area contributed by atoms with Crippen molar-refractivity contribution in [3.05, 3.63) is 95.8 Å². The molecule has 0 saturated heterocycles. The van der Waals surface area contributed by atoms with Crippen LogP contribution >= 0.6 is 0 Å². The molecule has 4 aromatic rings. The second kappa shape index (κ2) is 6.91. The van der Waals surface area contributed by atoms with Gasteiger partial charge in [-0.15, -0.1) is 0 Å². The number of rotatable bonds is 4. The Morgan fingerprint density at radius 2 is 1.79 bits per heavy atom. The number of para-hydroxylation sites is 1. The number of aromatic nitrogens is 2. The number of aromatic amines is 1. The molecule has 0 unspecified atom stereocenters. The van der Waals surface area contributed by atoms with Crippen LogP contribution in [0, 0.1) is 0 Å². The molecule has 2 N–H and O–H groups in total. The highest BCUT2D eigenvalue weighted by Gasteiger charge is 2.39. The van der Waals surface area contributed by atoms with Crippen LogP contribution in [-0.4, -0.2) is 33.2 Å². The average Bonchev–Trinajstić information content (AvgIpc) is 3.28. The summed E-state index contributed by atoms with van der Waals surface area (Å²) in [6.07, 6.45) is 3.54. The van der Waals surface area contributed by atoms with Gasteiger partial charge in [0.25, 0.3) is 5.91 Å². The van der Waals surface area contributed by atoms with Gasteiger partial charge < -0.3 is 15.2 Å². The van der Waals surface area contributed by atoms with Crippen molar-refractivity contribution in [2.24, 2.45) is 0 Å². The van der Waals surface area contributed by atoms with Gasteiger partial charge >= 0.3 is 0 Å². The van der Waals surface area contributed by atoms with Crippen molar-refractivity contribution in [2.75, 3.05) is 11.9 Å². The molecule has 0 radical (unpaired) electrons. The molecule has 2 aromatic carbocycles. The Balaban J connectivity index is 1.53. The normalized spacial score (nSPS) is 15.5. The number of hydrogen-bond acceptors (Lipinski definition) is 3. The summed E-state index contributed by atoms with van der Waals surface area (Å²) in [4.78, 5) is 34.9. The third kappa shape index (κ3) is 2.95. The molecule has 0 bridgehead atoms. The Kier molecular flexibility index (Phi) is 4.09. The Morgan fingerprint density at radius 3 is 2.66 bits per heavy atom. The lowest BCUT2D eigenvalue weighted by Crippen LogP contribution is -2.36. The van der Waals surface area contributed by atoms with Crippen LogP contribution in [0.4, 0.5) is 5.82 Å². The quantitative estimate of drug-likeness (QED) is 0.564. The molecule has 1 aliphatic heterocycles. The number of hydrogen-bond donors (Lipinski definition) is 2. The first-order chi connectivity index (χ1) is 14.2. The van der Waals surface area contributed by atoms with Gasteiger partial charge in [-0.25, -0.2) is 4.98 Å². The maximum absolute atomic E-state index is 13.1. The Bertz CT molecular complexity index is 1220. The van der Waals surface area contributed by atoms with Crippen molar-refractivity contribution in [1.82, 2.24) is 14.9 Å². The molecule has 6 nitrogen and oxygen atoms in total. The van der Waals surface area contributed by atoms with Crippen molar-refractivity contribution < 1.29 is 9.59 Å². The summed E-state index contributed by atoms with van der Waals surface area (Å²) in [6.45, 7) is -0.0612. The van der Waals surface area contributed by atoms with Crippen LogP contribution in [0.3, 0.4) is 0 Å². The van der Waals surface area contributed by atoms with Gasteiger partial charge in [0.05, 0.1) is 6.04 Å². The molecule has 0 spiro atoms. The summed E-state index contributed by atoms with van der Waals surface area (Å²) in [5.74, 6) is 0.0343. The van der Waals surface area contributed by atoms with Crippen molar-refractivity contribution in [3.63, 3.8) is 0 Å². The van der Waals surface area contributed by atoms with Crippen LogP contribution in [0.25, 0.3) is 10.9 Å². The number of nitrogens with zero attached hydrogens (tertiary/aromatic N) is 2. The molecule has 1 atom stereocenters. The molecular formula is C23H18N4O2. The summed E-state index contributed by atoms with van der Waals surface area (Å²) >= 11 is 0. The van der Waals surface area contributed by atoms with Crippen molar-refractivity contribution in [1.29, 1.82) is 0 Å². The van der Waals surface area contributed by atoms with Crippen LogP contribution in [0.1, 0.15) is 27.5 Å². The molecule has 0 aliphatic carbocycles. The van der Waals surface area contributed by atoms with E-state index in [-0.39, 0.29) is 24.4 Å². The molecule has 6 heteroatoms. The second-order valence-corrected chi connectivity index (χ2v) is 6.98. The molecule has 3 heterocycles. The van der Waals surface area contributed by atoms with Crippen LogP contribution in [0.2, 0.25) is 0 Å². The number of H-pyrrole nitrogens is 1. The molecule has 0 fully saturated rings. The largest absolute Gasteiger partial charge is 0.361 e. The molecule has 5 rings (SSSR count). The summed E-state index contributed by atoms with van der Waals surface area (Å²) in [6, 6.07) is 20.5. The van der Waals surface area contributed by atoms with Gasteiger partial charge in [-0.3, -0.25) is 9.59 Å². The predicted molar refractivity (Wildman–Crippen MR) is 110 cm³/mol. The van der Waals surface area contributed by atoms with Gasteiger partial charge in [-0.05, 0) is 29.8 Å². The van der Waals surface area contributed by atoms with Crippen molar-refractivity contribution in [3.8, 4) is 0 Å². The number of carbonyl (C=O) groups excluding carboxylic acids is 2. The number of anilines is 1. The fraction of sp³-hybridized carbons (Fsp3) is 0.0870. The lowest BCUT2D eigenvalue weighted by molar-refractivity contribution is -0.117. The first-order valence-corrected chi connectivity index (χ1v) is 9.39.